The fourth-order valence-corrected chi connectivity index (χ4v) is 2.84. The van der Waals surface area contributed by atoms with E-state index in [1.165, 1.54) is 43.6 Å². The number of likely N-dealkylation sites (tertiary alicyclic amines) is 1. The first kappa shape index (κ1) is 13.4. The van der Waals surface area contributed by atoms with E-state index in [2.05, 4.69) is 49.6 Å². The zero-order valence-electron chi connectivity index (χ0n) is 11.8. The van der Waals surface area contributed by atoms with Crippen molar-refractivity contribution in [1.29, 1.82) is 0 Å². The van der Waals surface area contributed by atoms with Gasteiger partial charge in [0, 0.05) is 13.1 Å². The standard InChI is InChI=1S/C17H25N/c1-4-15-6-8-16(9-7-15)10-13-18-12-5-11-17(2,3)14-18/h4,6-9H,1,5,10-14H2,2-3H3. The molecule has 0 aromatic heterocycles. The summed E-state index contributed by atoms with van der Waals surface area (Å²) in [6, 6.07) is 8.77. The molecule has 0 spiro atoms. The number of piperidine rings is 1. The molecule has 0 bridgehead atoms. The molecule has 1 aromatic rings. The van der Waals surface area contributed by atoms with Gasteiger partial charge >= 0.3 is 0 Å². The van der Waals surface area contributed by atoms with Gasteiger partial charge in [0.25, 0.3) is 0 Å². The van der Waals surface area contributed by atoms with E-state index in [4.69, 9.17) is 0 Å². The summed E-state index contributed by atoms with van der Waals surface area (Å²) in [4.78, 5) is 2.62. The Hall–Kier alpha value is -1.08. The molecule has 1 heteroatoms. The molecule has 1 aromatic carbocycles. The topological polar surface area (TPSA) is 3.24 Å². The van der Waals surface area contributed by atoms with Gasteiger partial charge in [-0.3, -0.25) is 0 Å². The van der Waals surface area contributed by atoms with Crippen LogP contribution < -0.4 is 0 Å². The van der Waals surface area contributed by atoms with Crippen LogP contribution >= 0.6 is 0 Å². The Morgan fingerprint density at radius 1 is 1.28 bits per heavy atom. The van der Waals surface area contributed by atoms with Gasteiger partial charge in [-0.1, -0.05) is 50.8 Å². The molecule has 1 aliphatic rings. The molecule has 1 saturated heterocycles. The molecule has 98 valence electrons. The first-order valence-electron chi connectivity index (χ1n) is 7.03. The van der Waals surface area contributed by atoms with Crippen LogP contribution in [-0.4, -0.2) is 24.5 Å². The van der Waals surface area contributed by atoms with Crippen LogP contribution in [-0.2, 0) is 6.42 Å². The monoisotopic (exact) mass is 243 g/mol. The van der Waals surface area contributed by atoms with E-state index in [0.29, 0.717) is 5.41 Å². The quantitative estimate of drug-likeness (QED) is 0.772. The van der Waals surface area contributed by atoms with Crippen LogP contribution in [0.2, 0.25) is 0 Å². The Morgan fingerprint density at radius 2 is 2.00 bits per heavy atom. The van der Waals surface area contributed by atoms with Gasteiger partial charge < -0.3 is 4.90 Å². The normalized spacial score (nSPS) is 19.7. The smallest absolute Gasteiger partial charge is 0.00328 e. The third-order valence-corrected chi connectivity index (χ3v) is 3.91. The summed E-state index contributed by atoms with van der Waals surface area (Å²) in [5.74, 6) is 0. The summed E-state index contributed by atoms with van der Waals surface area (Å²) in [7, 11) is 0. The van der Waals surface area contributed by atoms with Crippen LogP contribution in [0.1, 0.15) is 37.8 Å². The fourth-order valence-electron chi connectivity index (χ4n) is 2.84. The summed E-state index contributed by atoms with van der Waals surface area (Å²) >= 11 is 0. The molecule has 1 fully saturated rings. The lowest BCUT2D eigenvalue weighted by molar-refractivity contribution is 0.119. The maximum absolute atomic E-state index is 3.79. The van der Waals surface area contributed by atoms with Crippen molar-refractivity contribution in [2.24, 2.45) is 5.41 Å². The van der Waals surface area contributed by atoms with Crippen LogP contribution in [0.15, 0.2) is 30.8 Å². The number of benzene rings is 1. The Bertz CT molecular complexity index is 389. The minimum absolute atomic E-state index is 0.505. The molecule has 18 heavy (non-hydrogen) atoms. The SMILES string of the molecule is C=Cc1ccc(CCN2CCCC(C)(C)C2)cc1. The van der Waals surface area contributed by atoms with Crippen molar-refractivity contribution in [2.45, 2.75) is 33.1 Å². The van der Waals surface area contributed by atoms with Crippen molar-refractivity contribution >= 4 is 6.08 Å². The maximum atomic E-state index is 3.79. The van der Waals surface area contributed by atoms with Crippen molar-refractivity contribution in [2.75, 3.05) is 19.6 Å². The fraction of sp³-hybridized carbons (Fsp3) is 0.529. The number of hydrogen-bond donors (Lipinski definition) is 0. The van der Waals surface area contributed by atoms with E-state index in [9.17, 15) is 0 Å². The average Bonchev–Trinajstić information content (AvgIpc) is 2.36. The van der Waals surface area contributed by atoms with Crippen molar-refractivity contribution in [3.8, 4) is 0 Å². The third-order valence-electron chi connectivity index (χ3n) is 3.91. The number of nitrogens with zero attached hydrogens (tertiary/aromatic N) is 1. The van der Waals surface area contributed by atoms with E-state index in [0.717, 1.165) is 6.42 Å². The minimum Gasteiger partial charge on any atom is -0.302 e. The largest absolute Gasteiger partial charge is 0.302 e. The molecule has 1 aliphatic heterocycles. The predicted octanol–water partition coefficient (Wildman–Crippen LogP) is 3.99. The molecule has 0 atom stereocenters. The van der Waals surface area contributed by atoms with Crippen LogP contribution in [0.25, 0.3) is 6.08 Å². The average molecular weight is 243 g/mol. The summed E-state index contributed by atoms with van der Waals surface area (Å²) in [6.07, 6.45) is 5.78. The lowest BCUT2D eigenvalue weighted by Gasteiger charge is -2.38. The highest BCUT2D eigenvalue weighted by Gasteiger charge is 2.25. The molecule has 0 aliphatic carbocycles. The van der Waals surface area contributed by atoms with E-state index >= 15 is 0 Å². The third kappa shape index (κ3) is 3.71. The lowest BCUT2D eigenvalue weighted by atomic mass is 9.84. The Balaban J connectivity index is 1.85. The second-order valence-corrected chi connectivity index (χ2v) is 6.24. The van der Waals surface area contributed by atoms with Crippen molar-refractivity contribution < 1.29 is 0 Å². The summed E-state index contributed by atoms with van der Waals surface area (Å²) < 4.78 is 0. The van der Waals surface area contributed by atoms with Gasteiger partial charge in [0.05, 0.1) is 0 Å². The van der Waals surface area contributed by atoms with Gasteiger partial charge in [0.1, 0.15) is 0 Å². The van der Waals surface area contributed by atoms with Crippen LogP contribution in [0.3, 0.4) is 0 Å². The second-order valence-electron chi connectivity index (χ2n) is 6.24. The molecule has 0 unspecified atom stereocenters. The highest BCUT2D eigenvalue weighted by Crippen LogP contribution is 2.28. The molecular formula is C17H25N. The Labute approximate surface area is 112 Å². The van der Waals surface area contributed by atoms with Gasteiger partial charge in [0.15, 0.2) is 0 Å². The van der Waals surface area contributed by atoms with Crippen molar-refractivity contribution in [3.05, 3.63) is 42.0 Å². The molecule has 0 radical (unpaired) electrons. The van der Waals surface area contributed by atoms with Gasteiger partial charge in [-0.2, -0.15) is 0 Å². The van der Waals surface area contributed by atoms with Crippen molar-refractivity contribution in [3.63, 3.8) is 0 Å². The van der Waals surface area contributed by atoms with Gasteiger partial charge in [-0.25, -0.2) is 0 Å². The van der Waals surface area contributed by atoms with E-state index in [1.54, 1.807) is 0 Å². The van der Waals surface area contributed by atoms with Gasteiger partial charge in [-0.05, 0) is 42.3 Å². The van der Waals surface area contributed by atoms with Crippen molar-refractivity contribution in [1.82, 2.24) is 4.90 Å². The summed E-state index contributed by atoms with van der Waals surface area (Å²) in [6.45, 7) is 12.3. The van der Waals surface area contributed by atoms with E-state index in [1.807, 2.05) is 6.08 Å². The molecule has 0 amide bonds. The highest BCUT2D eigenvalue weighted by atomic mass is 15.1. The van der Waals surface area contributed by atoms with E-state index < -0.39 is 0 Å². The number of hydrogen-bond acceptors (Lipinski definition) is 1. The first-order valence-corrected chi connectivity index (χ1v) is 7.03. The summed E-state index contributed by atoms with van der Waals surface area (Å²) in [5, 5.41) is 0. The predicted molar refractivity (Wildman–Crippen MR) is 79.7 cm³/mol. The van der Waals surface area contributed by atoms with Crippen LogP contribution in [0, 0.1) is 5.41 Å². The molecule has 1 heterocycles. The van der Waals surface area contributed by atoms with Gasteiger partial charge in [-0.15, -0.1) is 0 Å². The molecule has 0 saturated carbocycles. The van der Waals surface area contributed by atoms with Crippen LogP contribution in [0.5, 0.6) is 0 Å². The van der Waals surface area contributed by atoms with Gasteiger partial charge in [0.2, 0.25) is 0 Å². The Morgan fingerprint density at radius 3 is 2.61 bits per heavy atom. The Kier molecular flexibility index (Phi) is 4.23. The van der Waals surface area contributed by atoms with Crippen LogP contribution in [0.4, 0.5) is 0 Å². The lowest BCUT2D eigenvalue weighted by Crippen LogP contribution is -2.40. The zero-order valence-corrected chi connectivity index (χ0v) is 11.8. The first-order chi connectivity index (χ1) is 8.59. The highest BCUT2D eigenvalue weighted by molar-refractivity contribution is 5.47. The minimum atomic E-state index is 0.505. The maximum Gasteiger partial charge on any atom is 0.00328 e. The zero-order chi connectivity index (χ0) is 13.0. The molecular weight excluding hydrogens is 218 g/mol. The summed E-state index contributed by atoms with van der Waals surface area (Å²) in [5.41, 5.74) is 3.15. The molecule has 1 nitrogen and oxygen atoms in total. The molecule has 0 N–H and O–H groups in total. The number of rotatable bonds is 4. The van der Waals surface area contributed by atoms with E-state index in [-0.39, 0.29) is 0 Å². The molecule has 2 rings (SSSR count). The second kappa shape index (κ2) is 5.71.